The van der Waals surface area contributed by atoms with Gasteiger partial charge in [0.1, 0.15) is 5.75 Å². The molecule has 1 heterocycles. The molecule has 0 aromatic heterocycles. The number of benzene rings is 1. The average Bonchev–Trinajstić information content (AvgIpc) is 2.81. The molecular formula is C14H17NO4. The Morgan fingerprint density at radius 1 is 1.37 bits per heavy atom. The first kappa shape index (κ1) is 13.4. The van der Waals surface area contributed by atoms with E-state index in [1.807, 2.05) is 12.1 Å². The van der Waals surface area contributed by atoms with E-state index in [2.05, 4.69) is 0 Å². The average molecular weight is 263 g/mol. The van der Waals surface area contributed by atoms with Crippen LogP contribution >= 0.6 is 0 Å². The van der Waals surface area contributed by atoms with Gasteiger partial charge in [-0.25, -0.2) is 0 Å². The molecule has 1 fully saturated rings. The van der Waals surface area contributed by atoms with E-state index in [-0.39, 0.29) is 24.2 Å². The van der Waals surface area contributed by atoms with Gasteiger partial charge in [-0.2, -0.15) is 0 Å². The zero-order chi connectivity index (χ0) is 13.8. The van der Waals surface area contributed by atoms with Crippen LogP contribution in [0.1, 0.15) is 13.3 Å². The minimum absolute atomic E-state index is 0.0526. The summed E-state index contributed by atoms with van der Waals surface area (Å²) in [5.41, 5.74) is 0.776. The van der Waals surface area contributed by atoms with Crippen molar-refractivity contribution in [1.29, 1.82) is 0 Å². The number of carbonyl (C=O) groups excluding carboxylic acids is 2. The van der Waals surface area contributed by atoms with Gasteiger partial charge >= 0.3 is 5.97 Å². The maximum atomic E-state index is 11.9. The van der Waals surface area contributed by atoms with Crippen LogP contribution in [0.2, 0.25) is 0 Å². The summed E-state index contributed by atoms with van der Waals surface area (Å²) in [6, 6.07) is 7.20. The molecule has 1 atom stereocenters. The van der Waals surface area contributed by atoms with Crippen molar-refractivity contribution in [3.05, 3.63) is 24.3 Å². The number of esters is 1. The van der Waals surface area contributed by atoms with E-state index in [4.69, 9.17) is 9.47 Å². The standard InChI is InChI=1S/C14H17NO4/c1-3-19-14(17)10-8-13(16)15(9-10)11-4-6-12(18-2)7-5-11/h4-7,10H,3,8-9H2,1-2H3/t10-/m0/s1. The molecule has 0 unspecified atom stereocenters. The smallest absolute Gasteiger partial charge is 0.311 e. The number of anilines is 1. The molecule has 102 valence electrons. The number of rotatable bonds is 4. The molecule has 5 heteroatoms. The van der Waals surface area contributed by atoms with Gasteiger partial charge in [0.05, 0.1) is 19.6 Å². The highest BCUT2D eigenvalue weighted by molar-refractivity contribution is 5.99. The minimum Gasteiger partial charge on any atom is -0.497 e. The Morgan fingerprint density at radius 3 is 2.63 bits per heavy atom. The second-order valence-electron chi connectivity index (χ2n) is 4.36. The number of ether oxygens (including phenoxy) is 2. The monoisotopic (exact) mass is 263 g/mol. The number of amides is 1. The molecule has 2 rings (SSSR count). The lowest BCUT2D eigenvalue weighted by atomic mass is 10.1. The third-order valence-corrected chi connectivity index (χ3v) is 3.13. The molecule has 1 amide bonds. The Balaban J connectivity index is 2.08. The van der Waals surface area contributed by atoms with Gasteiger partial charge in [-0.05, 0) is 31.2 Å². The van der Waals surface area contributed by atoms with Crippen molar-refractivity contribution >= 4 is 17.6 Å². The predicted octanol–water partition coefficient (Wildman–Crippen LogP) is 1.61. The van der Waals surface area contributed by atoms with Crippen LogP contribution in [-0.2, 0) is 14.3 Å². The van der Waals surface area contributed by atoms with E-state index in [9.17, 15) is 9.59 Å². The van der Waals surface area contributed by atoms with Gasteiger partial charge in [0.15, 0.2) is 0 Å². The van der Waals surface area contributed by atoms with Crippen molar-refractivity contribution in [2.24, 2.45) is 5.92 Å². The fourth-order valence-electron chi connectivity index (χ4n) is 2.14. The summed E-state index contributed by atoms with van der Waals surface area (Å²) in [5.74, 6) is 0.0157. The summed E-state index contributed by atoms with van der Waals surface area (Å²) in [6.45, 7) is 2.48. The normalized spacial score (nSPS) is 18.5. The summed E-state index contributed by atoms with van der Waals surface area (Å²) in [6.07, 6.45) is 0.213. The predicted molar refractivity (Wildman–Crippen MR) is 70.1 cm³/mol. The van der Waals surface area contributed by atoms with E-state index in [0.717, 1.165) is 11.4 Å². The SMILES string of the molecule is CCOC(=O)[C@H]1CC(=O)N(c2ccc(OC)cc2)C1. The topological polar surface area (TPSA) is 55.8 Å². The lowest BCUT2D eigenvalue weighted by Crippen LogP contribution is -2.26. The summed E-state index contributed by atoms with van der Waals surface area (Å²) in [5, 5.41) is 0. The number of nitrogens with zero attached hydrogens (tertiary/aromatic N) is 1. The molecule has 1 aromatic carbocycles. The molecule has 0 saturated carbocycles. The Bertz CT molecular complexity index is 469. The number of hydrogen-bond acceptors (Lipinski definition) is 4. The molecule has 1 aromatic rings. The first-order valence-electron chi connectivity index (χ1n) is 6.26. The maximum Gasteiger partial charge on any atom is 0.311 e. The molecule has 1 saturated heterocycles. The van der Waals surface area contributed by atoms with E-state index in [1.54, 1.807) is 31.1 Å². The van der Waals surface area contributed by atoms with Gasteiger partial charge in [0.25, 0.3) is 0 Å². The highest BCUT2D eigenvalue weighted by Crippen LogP contribution is 2.27. The van der Waals surface area contributed by atoms with Crippen molar-refractivity contribution < 1.29 is 19.1 Å². The van der Waals surface area contributed by atoms with Crippen molar-refractivity contribution in [2.75, 3.05) is 25.2 Å². The summed E-state index contributed by atoms with van der Waals surface area (Å²) < 4.78 is 10.0. The van der Waals surface area contributed by atoms with Crippen LogP contribution in [0, 0.1) is 5.92 Å². The fourth-order valence-corrected chi connectivity index (χ4v) is 2.14. The number of methoxy groups -OCH3 is 1. The lowest BCUT2D eigenvalue weighted by molar-refractivity contribution is -0.147. The van der Waals surface area contributed by atoms with E-state index < -0.39 is 0 Å². The van der Waals surface area contributed by atoms with Gasteiger partial charge in [-0.1, -0.05) is 0 Å². The Labute approximate surface area is 112 Å². The second kappa shape index (κ2) is 5.73. The molecule has 0 bridgehead atoms. The van der Waals surface area contributed by atoms with Crippen molar-refractivity contribution in [3.63, 3.8) is 0 Å². The van der Waals surface area contributed by atoms with Gasteiger partial charge in [-0.3, -0.25) is 9.59 Å². The molecule has 0 N–H and O–H groups in total. The van der Waals surface area contributed by atoms with Crippen molar-refractivity contribution in [2.45, 2.75) is 13.3 Å². The summed E-state index contributed by atoms with van der Waals surface area (Å²) in [4.78, 5) is 25.2. The number of carbonyl (C=O) groups is 2. The molecule has 0 aliphatic carbocycles. The van der Waals surface area contributed by atoms with Crippen molar-refractivity contribution in [3.8, 4) is 5.75 Å². The summed E-state index contributed by atoms with van der Waals surface area (Å²) >= 11 is 0. The number of hydrogen-bond donors (Lipinski definition) is 0. The summed E-state index contributed by atoms with van der Waals surface area (Å²) in [7, 11) is 1.59. The highest BCUT2D eigenvalue weighted by atomic mass is 16.5. The molecule has 0 radical (unpaired) electrons. The molecule has 1 aliphatic heterocycles. The van der Waals surface area contributed by atoms with Crippen LogP contribution in [-0.4, -0.2) is 32.1 Å². The van der Waals surface area contributed by atoms with Gasteiger partial charge in [-0.15, -0.1) is 0 Å². The van der Waals surface area contributed by atoms with Crippen LogP contribution in [0.3, 0.4) is 0 Å². The van der Waals surface area contributed by atoms with E-state index in [1.165, 1.54) is 0 Å². The minimum atomic E-state index is -0.366. The Hall–Kier alpha value is -2.04. The zero-order valence-corrected chi connectivity index (χ0v) is 11.1. The van der Waals surface area contributed by atoms with Crippen LogP contribution in [0.5, 0.6) is 5.75 Å². The lowest BCUT2D eigenvalue weighted by Gasteiger charge is -2.16. The van der Waals surface area contributed by atoms with Crippen LogP contribution in [0.25, 0.3) is 0 Å². The van der Waals surface area contributed by atoms with Crippen molar-refractivity contribution in [1.82, 2.24) is 0 Å². The molecule has 0 spiro atoms. The first-order chi connectivity index (χ1) is 9.15. The Kier molecular flexibility index (Phi) is 4.04. The second-order valence-corrected chi connectivity index (χ2v) is 4.36. The molecule has 19 heavy (non-hydrogen) atoms. The quantitative estimate of drug-likeness (QED) is 0.774. The third kappa shape index (κ3) is 2.86. The van der Waals surface area contributed by atoms with E-state index >= 15 is 0 Å². The highest BCUT2D eigenvalue weighted by Gasteiger charge is 2.35. The first-order valence-corrected chi connectivity index (χ1v) is 6.26. The fraction of sp³-hybridized carbons (Fsp3) is 0.429. The van der Waals surface area contributed by atoms with Crippen LogP contribution in [0.4, 0.5) is 5.69 Å². The molecule has 5 nitrogen and oxygen atoms in total. The third-order valence-electron chi connectivity index (χ3n) is 3.13. The van der Waals surface area contributed by atoms with Gasteiger partial charge < -0.3 is 14.4 Å². The van der Waals surface area contributed by atoms with Gasteiger partial charge in [0.2, 0.25) is 5.91 Å². The van der Waals surface area contributed by atoms with Crippen LogP contribution in [0.15, 0.2) is 24.3 Å². The maximum absolute atomic E-state index is 11.9. The van der Waals surface area contributed by atoms with E-state index in [0.29, 0.717) is 13.2 Å². The van der Waals surface area contributed by atoms with Gasteiger partial charge in [0, 0.05) is 18.7 Å². The Morgan fingerprint density at radius 2 is 2.05 bits per heavy atom. The zero-order valence-electron chi connectivity index (χ0n) is 11.1. The largest absolute Gasteiger partial charge is 0.497 e. The molecule has 1 aliphatic rings. The molecular weight excluding hydrogens is 246 g/mol. The van der Waals surface area contributed by atoms with Crippen LogP contribution < -0.4 is 9.64 Å².